The van der Waals surface area contributed by atoms with Gasteiger partial charge in [0.15, 0.2) is 0 Å². The molecule has 1 fully saturated rings. The van der Waals surface area contributed by atoms with E-state index in [1.807, 2.05) is 31.2 Å². The topological polar surface area (TPSA) is 44.4 Å². The Morgan fingerprint density at radius 1 is 1.38 bits per heavy atom. The van der Waals surface area contributed by atoms with E-state index in [1.54, 1.807) is 0 Å². The Morgan fingerprint density at radius 2 is 2.19 bits per heavy atom. The van der Waals surface area contributed by atoms with Crippen molar-refractivity contribution in [3.05, 3.63) is 29.8 Å². The quantitative estimate of drug-likeness (QED) is 0.845. The number of nitrogens with zero attached hydrogens (tertiary/aromatic N) is 1. The van der Waals surface area contributed by atoms with Crippen molar-refractivity contribution in [1.29, 1.82) is 0 Å². The summed E-state index contributed by atoms with van der Waals surface area (Å²) in [6.07, 6.45) is 3.79. The minimum Gasteiger partial charge on any atom is -0.325 e. The van der Waals surface area contributed by atoms with Gasteiger partial charge in [0.2, 0.25) is 5.91 Å². The zero-order chi connectivity index (χ0) is 15.1. The molecule has 1 heterocycles. The normalized spacial score (nSPS) is 18.7. The summed E-state index contributed by atoms with van der Waals surface area (Å²) in [5.74, 6) is 0.0713. The summed E-state index contributed by atoms with van der Waals surface area (Å²) in [7, 11) is 0. The molecule has 4 nitrogen and oxygen atoms in total. The molecule has 116 valence electrons. The van der Waals surface area contributed by atoms with Crippen LogP contribution in [0.15, 0.2) is 24.3 Å². The van der Waals surface area contributed by atoms with Crippen molar-refractivity contribution in [2.24, 2.45) is 0 Å². The van der Waals surface area contributed by atoms with Crippen LogP contribution in [0.25, 0.3) is 0 Å². The number of anilines is 1. The molecule has 0 aromatic heterocycles. The number of aryl methyl sites for hydroxylation is 1. The first-order valence-electron chi connectivity index (χ1n) is 8.00. The van der Waals surface area contributed by atoms with Gasteiger partial charge in [-0.1, -0.05) is 31.5 Å². The predicted octanol–water partition coefficient (Wildman–Crippen LogP) is 2.40. The maximum Gasteiger partial charge on any atom is 0.238 e. The van der Waals surface area contributed by atoms with E-state index in [9.17, 15) is 4.79 Å². The second-order valence-electron chi connectivity index (χ2n) is 5.84. The zero-order valence-corrected chi connectivity index (χ0v) is 13.2. The van der Waals surface area contributed by atoms with Gasteiger partial charge in [-0.25, -0.2) is 0 Å². The van der Waals surface area contributed by atoms with Gasteiger partial charge in [0.1, 0.15) is 0 Å². The van der Waals surface area contributed by atoms with Crippen LogP contribution in [0.3, 0.4) is 0 Å². The molecular weight excluding hydrogens is 262 g/mol. The number of carbonyl (C=O) groups excluding carboxylic acids is 1. The molecule has 0 spiro atoms. The molecule has 0 saturated carbocycles. The monoisotopic (exact) mass is 289 g/mol. The van der Waals surface area contributed by atoms with Crippen LogP contribution in [0.5, 0.6) is 0 Å². The highest BCUT2D eigenvalue weighted by Gasteiger charge is 2.17. The second-order valence-corrected chi connectivity index (χ2v) is 5.84. The van der Waals surface area contributed by atoms with Crippen molar-refractivity contribution in [2.45, 2.75) is 39.2 Å². The van der Waals surface area contributed by atoms with E-state index in [0.717, 1.165) is 30.9 Å². The predicted molar refractivity (Wildman–Crippen MR) is 87.6 cm³/mol. The van der Waals surface area contributed by atoms with E-state index >= 15 is 0 Å². The lowest BCUT2D eigenvalue weighted by Crippen LogP contribution is -2.45. The largest absolute Gasteiger partial charge is 0.325 e. The number of piperidine rings is 1. The number of likely N-dealkylation sites (N-methyl/N-ethyl adjacent to an activating group) is 1. The third-order valence-corrected chi connectivity index (χ3v) is 4.12. The molecule has 1 aliphatic rings. The molecule has 1 atom stereocenters. The van der Waals surface area contributed by atoms with E-state index in [2.05, 4.69) is 22.5 Å². The van der Waals surface area contributed by atoms with Crippen LogP contribution in [-0.2, 0) is 4.79 Å². The summed E-state index contributed by atoms with van der Waals surface area (Å²) in [5, 5.41) is 6.55. The minimum atomic E-state index is 0.0713. The molecule has 21 heavy (non-hydrogen) atoms. The molecule has 1 aromatic rings. The number of hydrogen-bond donors (Lipinski definition) is 2. The number of amides is 1. The highest BCUT2D eigenvalue weighted by molar-refractivity contribution is 5.92. The number of nitrogens with one attached hydrogen (secondary N) is 2. The van der Waals surface area contributed by atoms with Gasteiger partial charge in [0.25, 0.3) is 0 Å². The summed E-state index contributed by atoms with van der Waals surface area (Å²) in [5.41, 5.74) is 2.01. The second kappa shape index (κ2) is 8.15. The number of carbonyl (C=O) groups is 1. The van der Waals surface area contributed by atoms with Gasteiger partial charge in [-0.05, 0) is 44.5 Å². The van der Waals surface area contributed by atoms with Gasteiger partial charge in [-0.15, -0.1) is 0 Å². The van der Waals surface area contributed by atoms with E-state index < -0.39 is 0 Å². The van der Waals surface area contributed by atoms with Crippen molar-refractivity contribution < 1.29 is 4.79 Å². The summed E-state index contributed by atoms with van der Waals surface area (Å²) >= 11 is 0. The molecular formula is C17H27N3O. The maximum absolute atomic E-state index is 12.2. The van der Waals surface area contributed by atoms with E-state index in [4.69, 9.17) is 0 Å². The molecule has 2 rings (SSSR count). The highest BCUT2D eigenvalue weighted by Crippen LogP contribution is 2.13. The molecule has 1 aliphatic heterocycles. The minimum absolute atomic E-state index is 0.0713. The van der Waals surface area contributed by atoms with Crippen molar-refractivity contribution >= 4 is 11.6 Å². The van der Waals surface area contributed by atoms with Gasteiger partial charge in [-0.2, -0.15) is 0 Å². The first-order valence-corrected chi connectivity index (χ1v) is 8.00. The molecule has 1 amide bonds. The van der Waals surface area contributed by atoms with Gasteiger partial charge < -0.3 is 10.6 Å². The third-order valence-electron chi connectivity index (χ3n) is 4.12. The Bertz CT molecular complexity index is 455. The number of benzene rings is 1. The van der Waals surface area contributed by atoms with Crippen molar-refractivity contribution in [3.8, 4) is 0 Å². The first kappa shape index (κ1) is 16.0. The van der Waals surface area contributed by atoms with Gasteiger partial charge in [-0.3, -0.25) is 9.69 Å². The summed E-state index contributed by atoms with van der Waals surface area (Å²) in [4.78, 5) is 14.4. The van der Waals surface area contributed by atoms with Gasteiger partial charge in [0, 0.05) is 18.3 Å². The molecule has 1 aromatic carbocycles. The standard InChI is InChI=1S/C17H27N3O/c1-3-20(12-15-9-6-7-11-18-15)13-17(21)19-16-10-5-4-8-14(16)2/h4-5,8,10,15,18H,3,6-7,9,11-13H2,1-2H3,(H,19,21). The Kier molecular flexibility index (Phi) is 6.21. The van der Waals surface area contributed by atoms with Gasteiger partial charge >= 0.3 is 0 Å². The lowest BCUT2D eigenvalue weighted by Gasteiger charge is -2.29. The van der Waals surface area contributed by atoms with Crippen LogP contribution >= 0.6 is 0 Å². The van der Waals surface area contributed by atoms with Crippen molar-refractivity contribution in [3.63, 3.8) is 0 Å². The Labute approximate surface area is 127 Å². The van der Waals surface area contributed by atoms with Gasteiger partial charge in [0.05, 0.1) is 6.54 Å². The fraction of sp³-hybridized carbons (Fsp3) is 0.588. The van der Waals surface area contributed by atoms with Crippen LogP contribution in [0.4, 0.5) is 5.69 Å². The molecule has 0 aliphatic carbocycles. The van der Waals surface area contributed by atoms with Crippen LogP contribution in [0.2, 0.25) is 0 Å². The van der Waals surface area contributed by atoms with Crippen LogP contribution in [0, 0.1) is 6.92 Å². The van der Waals surface area contributed by atoms with E-state index in [-0.39, 0.29) is 5.91 Å². The van der Waals surface area contributed by atoms with Crippen LogP contribution in [0.1, 0.15) is 31.7 Å². The number of rotatable bonds is 6. The van der Waals surface area contributed by atoms with E-state index in [1.165, 1.54) is 19.3 Å². The smallest absolute Gasteiger partial charge is 0.238 e. The Balaban J connectivity index is 1.83. The fourth-order valence-electron chi connectivity index (χ4n) is 2.80. The lowest BCUT2D eigenvalue weighted by atomic mass is 10.0. The van der Waals surface area contributed by atoms with Crippen LogP contribution in [-0.4, -0.2) is 43.0 Å². The molecule has 2 N–H and O–H groups in total. The molecule has 4 heteroatoms. The average Bonchev–Trinajstić information content (AvgIpc) is 2.50. The summed E-state index contributed by atoms with van der Waals surface area (Å²) < 4.78 is 0. The van der Waals surface area contributed by atoms with Crippen molar-refractivity contribution in [2.75, 3.05) is 31.5 Å². The number of hydrogen-bond acceptors (Lipinski definition) is 3. The summed E-state index contributed by atoms with van der Waals surface area (Å²) in [6, 6.07) is 8.43. The number of para-hydroxylation sites is 1. The molecule has 0 radical (unpaired) electrons. The highest BCUT2D eigenvalue weighted by atomic mass is 16.2. The SMILES string of the molecule is CCN(CC(=O)Nc1ccccc1C)CC1CCCCN1. The molecule has 0 bridgehead atoms. The third kappa shape index (κ3) is 5.14. The average molecular weight is 289 g/mol. The Morgan fingerprint density at radius 3 is 2.86 bits per heavy atom. The van der Waals surface area contributed by atoms with Crippen molar-refractivity contribution in [1.82, 2.24) is 10.2 Å². The lowest BCUT2D eigenvalue weighted by molar-refractivity contribution is -0.117. The molecule has 1 saturated heterocycles. The zero-order valence-electron chi connectivity index (χ0n) is 13.2. The fourth-order valence-corrected chi connectivity index (χ4v) is 2.80. The van der Waals surface area contributed by atoms with Crippen LogP contribution < -0.4 is 10.6 Å². The maximum atomic E-state index is 12.2. The first-order chi connectivity index (χ1) is 10.2. The molecule has 1 unspecified atom stereocenters. The van der Waals surface area contributed by atoms with E-state index in [0.29, 0.717) is 12.6 Å². The summed E-state index contributed by atoms with van der Waals surface area (Å²) in [6.45, 7) is 7.56. The Hall–Kier alpha value is -1.39.